The van der Waals surface area contributed by atoms with Crippen LogP contribution >= 0.6 is 0 Å². The molecule has 1 unspecified atom stereocenters. The Balaban J connectivity index is 1.95. The van der Waals surface area contributed by atoms with Gasteiger partial charge in [-0.25, -0.2) is 0 Å². The molecular weight excluding hydrogens is 258 g/mol. The molecule has 1 heterocycles. The van der Waals surface area contributed by atoms with Crippen LogP contribution in [0.5, 0.6) is 0 Å². The summed E-state index contributed by atoms with van der Waals surface area (Å²) in [4.78, 5) is 5.04. The Labute approximate surface area is 130 Å². The molecule has 0 spiro atoms. The lowest BCUT2D eigenvalue weighted by atomic mass is 10.0. The summed E-state index contributed by atoms with van der Waals surface area (Å²) in [5.74, 6) is 0. The molecule has 0 amide bonds. The maximum absolute atomic E-state index is 3.49. The molecule has 118 valence electrons. The first-order valence-corrected chi connectivity index (χ1v) is 8.40. The van der Waals surface area contributed by atoms with E-state index in [1.54, 1.807) is 0 Å². The van der Waals surface area contributed by atoms with Gasteiger partial charge in [0, 0.05) is 25.7 Å². The lowest BCUT2D eigenvalue weighted by Gasteiger charge is -2.26. The highest BCUT2D eigenvalue weighted by Crippen LogP contribution is 2.17. The Morgan fingerprint density at radius 2 is 1.86 bits per heavy atom. The molecule has 1 aromatic rings. The van der Waals surface area contributed by atoms with Crippen LogP contribution in [0.1, 0.15) is 36.9 Å². The molecule has 3 nitrogen and oxygen atoms in total. The molecule has 1 atom stereocenters. The first-order chi connectivity index (χ1) is 10.2. The zero-order valence-electron chi connectivity index (χ0n) is 13.9. The highest BCUT2D eigenvalue weighted by Gasteiger charge is 2.17. The van der Waals surface area contributed by atoms with Crippen LogP contribution in [0.4, 0.5) is 0 Å². The van der Waals surface area contributed by atoms with Crippen molar-refractivity contribution in [1.82, 2.24) is 15.1 Å². The van der Waals surface area contributed by atoms with Crippen molar-refractivity contribution >= 4 is 0 Å². The number of hydrogen-bond donors (Lipinski definition) is 1. The van der Waals surface area contributed by atoms with Gasteiger partial charge >= 0.3 is 0 Å². The van der Waals surface area contributed by atoms with E-state index in [2.05, 4.69) is 60.4 Å². The quantitative estimate of drug-likeness (QED) is 0.868. The summed E-state index contributed by atoms with van der Waals surface area (Å²) in [7, 11) is 4.31. The van der Waals surface area contributed by atoms with Crippen LogP contribution in [0.2, 0.25) is 0 Å². The first kappa shape index (κ1) is 16.5. The molecule has 0 saturated carbocycles. The fourth-order valence-corrected chi connectivity index (χ4v) is 3.11. The van der Waals surface area contributed by atoms with Gasteiger partial charge in [-0.3, -0.25) is 0 Å². The minimum Gasteiger partial charge on any atom is -0.312 e. The molecule has 1 aromatic carbocycles. The minimum atomic E-state index is 0.434. The first-order valence-electron chi connectivity index (χ1n) is 8.40. The Hall–Kier alpha value is -0.900. The molecule has 1 saturated heterocycles. The molecule has 21 heavy (non-hydrogen) atoms. The van der Waals surface area contributed by atoms with Gasteiger partial charge in [-0.2, -0.15) is 0 Å². The van der Waals surface area contributed by atoms with E-state index in [1.165, 1.54) is 56.6 Å². The van der Waals surface area contributed by atoms with Crippen molar-refractivity contribution in [2.24, 2.45) is 0 Å². The van der Waals surface area contributed by atoms with Crippen molar-refractivity contribution < 1.29 is 0 Å². The van der Waals surface area contributed by atoms with Gasteiger partial charge in [0.25, 0.3) is 0 Å². The van der Waals surface area contributed by atoms with Gasteiger partial charge in [0.15, 0.2) is 0 Å². The van der Waals surface area contributed by atoms with E-state index in [0.29, 0.717) is 6.04 Å². The molecule has 0 radical (unpaired) electrons. The summed E-state index contributed by atoms with van der Waals surface area (Å²) in [6, 6.07) is 9.62. The maximum Gasteiger partial charge on any atom is 0.0446 e. The van der Waals surface area contributed by atoms with Crippen molar-refractivity contribution in [3.05, 3.63) is 35.4 Å². The number of aryl methyl sites for hydroxylation is 1. The normalized spacial score (nSPS) is 19.4. The topological polar surface area (TPSA) is 18.5 Å². The molecule has 1 N–H and O–H groups in total. The molecule has 3 heteroatoms. The van der Waals surface area contributed by atoms with Gasteiger partial charge in [-0.15, -0.1) is 0 Å². The molecule has 1 aliphatic rings. The fraction of sp³-hybridized carbons (Fsp3) is 0.667. The highest BCUT2D eigenvalue weighted by atomic mass is 15.2. The van der Waals surface area contributed by atoms with E-state index >= 15 is 0 Å². The van der Waals surface area contributed by atoms with Gasteiger partial charge in [0.1, 0.15) is 0 Å². The standard InChI is InChI=1S/C18H31N3/c1-4-6-16-7-9-17(10-8-16)18(19-2)15-21-12-5-11-20(3)13-14-21/h7-10,18-19H,4-6,11-15H2,1-3H3. The van der Waals surface area contributed by atoms with Crippen LogP contribution < -0.4 is 5.32 Å². The largest absolute Gasteiger partial charge is 0.312 e. The summed E-state index contributed by atoms with van der Waals surface area (Å²) in [5.41, 5.74) is 2.86. The molecule has 1 aliphatic heterocycles. The fourth-order valence-electron chi connectivity index (χ4n) is 3.11. The zero-order chi connectivity index (χ0) is 15.1. The third kappa shape index (κ3) is 5.10. The summed E-state index contributed by atoms with van der Waals surface area (Å²) in [6.45, 7) is 8.16. The predicted octanol–water partition coefficient (Wildman–Crippen LogP) is 2.54. The van der Waals surface area contributed by atoms with Crippen molar-refractivity contribution in [2.75, 3.05) is 46.8 Å². The molecule has 1 fully saturated rings. The van der Waals surface area contributed by atoms with Crippen LogP contribution in [-0.2, 0) is 6.42 Å². The summed E-state index contributed by atoms with van der Waals surface area (Å²) < 4.78 is 0. The van der Waals surface area contributed by atoms with Gasteiger partial charge in [-0.1, -0.05) is 37.6 Å². The number of likely N-dealkylation sites (N-methyl/N-ethyl adjacent to an activating group) is 2. The average Bonchev–Trinajstić information content (AvgIpc) is 2.71. The Morgan fingerprint density at radius 1 is 1.10 bits per heavy atom. The number of nitrogens with one attached hydrogen (secondary N) is 1. The van der Waals surface area contributed by atoms with Crippen LogP contribution in [-0.4, -0.2) is 56.6 Å². The van der Waals surface area contributed by atoms with E-state index in [1.807, 2.05) is 0 Å². The average molecular weight is 289 g/mol. The summed E-state index contributed by atoms with van der Waals surface area (Å²) in [5, 5.41) is 3.49. The minimum absolute atomic E-state index is 0.434. The SMILES string of the molecule is CCCc1ccc(C(CN2CCCN(C)CC2)NC)cc1. The van der Waals surface area contributed by atoms with Crippen LogP contribution in [0.3, 0.4) is 0 Å². The van der Waals surface area contributed by atoms with Crippen LogP contribution in [0.15, 0.2) is 24.3 Å². The third-order valence-electron chi connectivity index (χ3n) is 4.52. The predicted molar refractivity (Wildman–Crippen MR) is 90.8 cm³/mol. The second-order valence-corrected chi connectivity index (χ2v) is 6.29. The van der Waals surface area contributed by atoms with Crippen LogP contribution in [0.25, 0.3) is 0 Å². The number of benzene rings is 1. The van der Waals surface area contributed by atoms with Crippen LogP contribution in [0, 0.1) is 0 Å². The molecule has 0 bridgehead atoms. The van der Waals surface area contributed by atoms with Crippen molar-refractivity contribution in [2.45, 2.75) is 32.2 Å². The van der Waals surface area contributed by atoms with E-state index in [9.17, 15) is 0 Å². The van der Waals surface area contributed by atoms with Crippen molar-refractivity contribution in [3.8, 4) is 0 Å². The van der Waals surface area contributed by atoms with Gasteiger partial charge < -0.3 is 15.1 Å². The van der Waals surface area contributed by atoms with E-state index in [-0.39, 0.29) is 0 Å². The maximum atomic E-state index is 3.49. The Kier molecular flexibility index (Phi) is 6.68. The van der Waals surface area contributed by atoms with E-state index in [0.717, 1.165) is 6.54 Å². The van der Waals surface area contributed by atoms with E-state index < -0.39 is 0 Å². The Bertz CT molecular complexity index is 401. The highest BCUT2D eigenvalue weighted by molar-refractivity contribution is 5.25. The second kappa shape index (κ2) is 8.52. The third-order valence-corrected chi connectivity index (χ3v) is 4.52. The lowest BCUT2D eigenvalue weighted by Crippen LogP contribution is -2.36. The second-order valence-electron chi connectivity index (χ2n) is 6.29. The lowest BCUT2D eigenvalue weighted by molar-refractivity contribution is 0.251. The summed E-state index contributed by atoms with van der Waals surface area (Å²) in [6.07, 6.45) is 3.68. The number of hydrogen-bond acceptors (Lipinski definition) is 3. The van der Waals surface area contributed by atoms with E-state index in [4.69, 9.17) is 0 Å². The monoisotopic (exact) mass is 289 g/mol. The van der Waals surface area contributed by atoms with Gasteiger partial charge in [0.05, 0.1) is 0 Å². The smallest absolute Gasteiger partial charge is 0.0446 e. The van der Waals surface area contributed by atoms with Gasteiger partial charge in [-0.05, 0) is 51.2 Å². The van der Waals surface area contributed by atoms with Crippen molar-refractivity contribution in [3.63, 3.8) is 0 Å². The Morgan fingerprint density at radius 3 is 2.52 bits per heavy atom. The molecule has 2 rings (SSSR count). The molecular formula is C18H31N3. The number of nitrogens with zero attached hydrogens (tertiary/aromatic N) is 2. The summed E-state index contributed by atoms with van der Waals surface area (Å²) >= 11 is 0. The van der Waals surface area contributed by atoms with Gasteiger partial charge in [0.2, 0.25) is 0 Å². The molecule has 0 aliphatic carbocycles. The molecule has 0 aromatic heterocycles. The zero-order valence-corrected chi connectivity index (χ0v) is 13.9. The van der Waals surface area contributed by atoms with Crippen molar-refractivity contribution in [1.29, 1.82) is 0 Å². The number of rotatable bonds is 6.